The van der Waals surface area contributed by atoms with Crippen LogP contribution in [0.15, 0.2) is 12.4 Å². The van der Waals surface area contributed by atoms with Crippen LogP contribution in [0.3, 0.4) is 0 Å². The number of carbonyl (C=O) groups excluding carboxylic acids is 1. The lowest BCUT2D eigenvalue weighted by Gasteiger charge is -2.26. The van der Waals surface area contributed by atoms with E-state index < -0.39 is 0 Å². The summed E-state index contributed by atoms with van der Waals surface area (Å²) in [6, 6.07) is 0.331. The molecule has 0 aliphatic heterocycles. The van der Waals surface area contributed by atoms with Crippen LogP contribution in [0.4, 0.5) is 0 Å². The fourth-order valence-electron chi connectivity index (χ4n) is 2.41. The van der Waals surface area contributed by atoms with E-state index in [4.69, 9.17) is 11.6 Å². The lowest BCUT2D eigenvalue weighted by atomic mass is 10.1. The van der Waals surface area contributed by atoms with Crippen LogP contribution in [-0.4, -0.2) is 33.9 Å². The summed E-state index contributed by atoms with van der Waals surface area (Å²) in [4.78, 5) is 22.0. The predicted molar refractivity (Wildman–Crippen MR) is 70.6 cm³/mol. The van der Waals surface area contributed by atoms with Gasteiger partial charge in [-0.25, -0.2) is 9.97 Å². The van der Waals surface area contributed by atoms with E-state index in [-0.39, 0.29) is 5.91 Å². The van der Waals surface area contributed by atoms with E-state index in [0.717, 1.165) is 12.8 Å². The Kier molecular flexibility index (Phi) is 4.53. The van der Waals surface area contributed by atoms with Crippen LogP contribution in [-0.2, 0) is 0 Å². The molecule has 1 aliphatic carbocycles. The van der Waals surface area contributed by atoms with Gasteiger partial charge in [-0.15, -0.1) is 0 Å². The Labute approximate surface area is 112 Å². The highest BCUT2D eigenvalue weighted by molar-refractivity contribution is 6.29. The topological polar surface area (TPSA) is 46.1 Å². The third-order valence-corrected chi connectivity index (χ3v) is 3.73. The summed E-state index contributed by atoms with van der Waals surface area (Å²) in [7, 11) is 1.86. The van der Waals surface area contributed by atoms with Gasteiger partial charge in [0.15, 0.2) is 0 Å². The van der Waals surface area contributed by atoms with Gasteiger partial charge in [-0.3, -0.25) is 4.79 Å². The van der Waals surface area contributed by atoms with E-state index in [9.17, 15) is 4.79 Å². The van der Waals surface area contributed by atoms with Gasteiger partial charge in [-0.1, -0.05) is 37.3 Å². The van der Waals surface area contributed by atoms with Crippen molar-refractivity contribution in [3.05, 3.63) is 23.2 Å². The number of carbonyl (C=O) groups is 1. The van der Waals surface area contributed by atoms with Gasteiger partial charge in [0.25, 0.3) is 5.91 Å². The first kappa shape index (κ1) is 13.3. The molecule has 0 atom stereocenters. The number of nitrogens with zero attached hydrogens (tertiary/aromatic N) is 3. The van der Waals surface area contributed by atoms with Crippen LogP contribution in [0.5, 0.6) is 0 Å². The average molecular weight is 268 g/mol. The molecule has 1 heterocycles. The molecule has 1 saturated carbocycles. The Morgan fingerprint density at radius 2 is 1.89 bits per heavy atom. The molecule has 0 aromatic carbocycles. The third-order valence-electron chi connectivity index (χ3n) is 3.53. The van der Waals surface area contributed by atoms with Crippen molar-refractivity contribution >= 4 is 17.5 Å². The van der Waals surface area contributed by atoms with Crippen LogP contribution in [0.2, 0.25) is 5.15 Å². The summed E-state index contributed by atoms with van der Waals surface area (Å²) >= 11 is 5.67. The van der Waals surface area contributed by atoms with E-state index in [2.05, 4.69) is 9.97 Å². The fourth-order valence-corrected chi connectivity index (χ4v) is 2.51. The Morgan fingerprint density at radius 1 is 1.22 bits per heavy atom. The molecule has 98 valence electrons. The smallest absolute Gasteiger partial charge is 0.274 e. The second-order valence-corrected chi connectivity index (χ2v) is 5.17. The standard InChI is InChI=1S/C13H18ClN3O/c1-17(10-6-4-2-3-5-7-10)13(18)11-8-16-12(14)9-15-11/h8-10H,2-7H2,1H3. The molecule has 0 saturated heterocycles. The summed E-state index contributed by atoms with van der Waals surface area (Å²) in [6.45, 7) is 0. The molecule has 1 aromatic rings. The van der Waals surface area contributed by atoms with E-state index in [1.165, 1.54) is 38.1 Å². The van der Waals surface area contributed by atoms with E-state index in [0.29, 0.717) is 16.9 Å². The Hall–Kier alpha value is -1.16. The SMILES string of the molecule is CN(C(=O)c1cnc(Cl)cn1)C1CCCCCC1. The number of halogens is 1. The fraction of sp³-hybridized carbons (Fsp3) is 0.615. The normalized spacial score (nSPS) is 17.2. The quantitative estimate of drug-likeness (QED) is 0.774. The summed E-state index contributed by atoms with van der Waals surface area (Å²) < 4.78 is 0. The highest BCUT2D eigenvalue weighted by Crippen LogP contribution is 2.22. The zero-order valence-electron chi connectivity index (χ0n) is 10.6. The van der Waals surface area contributed by atoms with Crippen molar-refractivity contribution in [3.8, 4) is 0 Å². The van der Waals surface area contributed by atoms with Crippen molar-refractivity contribution in [2.24, 2.45) is 0 Å². The molecule has 2 rings (SSSR count). The highest BCUT2D eigenvalue weighted by Gasteiger charge is 2.23. The zero-order chi connectivity index (χ0) is 13.0. The van der Waals surface area contributed by atoms with Gasteiger partial charge in [0.2, 0.25) is 0 Å². The van der Waals surface area contributed by atoms with Gasteiger partial charge in [0.1, 0.15) is 10.8 Å². The van der Waals surface area contributed by atoms with E-state index in [1.54, 1.807) is 0 Å². The molecule has 5 heteroatoms. The minimum absolute atomic E-state index is 0.0638. The summed E-state index contributed by atoms with van der Waals surface area (Å²) in [5.74, 6) is -0.0638. The first-order valence-electron chi connectivity index (χ1n) is 6.43. The van der Waals surface area contributed by atoms with Crippen LogP contribution in [0, 0.1) is 0 Å². The van der Waals surface area contributed by atoms with Crippen molar-refractivity contribution in [1.29, 1.82) is 0 Å². The first-order chi connectivity index (χ1) is 8.68. The molecule has 0 spiro atoms. The van der Waals surface area contributed by atoms with E-state index in [1.807, 2.05) is 11.9 Å². The molecule has 1 aromatic heterocycles. The molecule has 0 radical (unpaired) electrons. The van der Waals surface area contributed by atoms with Crippen molar-refractivity contribution in [1.82, 2.24) is 14.9 Å². The molecule has 1 aliphatic rings. The number of amides is 1. The molecule has 18 heavy (non-hydrogen) atoms. The highest BCUT2D eigenvalue weighted by atomic mass is 35.5. The maximum absolute atomic E-state index is 12.2. The van der Waals surface area contributed by atoms with E-state index >= 15 is 0 Å². The maximum atomic E-state index is 12.2. The molecule has 1 amide bonds. The third kappa shape index (κ3) is 3.19. The second kappa shape index (κ2) is 6.14. The number of hydrogen-bond acceptors (Lipinski definition) is 3. The first-order valence-corrected chi connectivity index (χ1v) is 6.81. The molecule has 1 fully saturated rings. The number of rotatable bonds is 2. The van der Waals surface area contributed by atoms with Crippen molar-refractivity contribution in [2.45, 2.75) is 44.6 Å². The van der Waals surface area contributed by atoms with Gasteiger partial charge in [-0.05, 0) is 12.8 Å². The molecular weight excluding hydrogens is 250 g/mol. The average Bonchev–Trinajstić information content (AvgIpc) is 2.67. The molecular formula is C13H18ClN3O. The monoisotopic (exact) mass is 267 g/mol. The Morgan fingerprint density at radius 3 is 2.44 bits per heavy atom. The van der Waals surface area contributed by atoms with Crippen molar-refractivity contribution in [3.63, 3.8) is 0 Å². The molecule has 0 unspecified atom stereocenters. The summed E-state index contributed by atoms with van der Waals surface area (Å²) in [5, 5.41) is 0.309. The molecule has 0 N–H and O–H groups in total. The summed E-state index contributed by atoms with van der Waals surface area (Å²) in [5.41, 5.74) is 0.367. The van der Waals surface area contributed by atoms with Gasteiger partial charge in [-0.2, -0.15) is 0 Å². The second-order valence-electron chi connectivity index (χ2n) is 4.79. The largest absolute Gasteiger partial charge is 0.337 e. The summed E-state index contributed by atoms with van der Waals surface area (Å²) in [6.07, 6.45) is 9.99. The minimum Gasteiger partial charge on any atom is -0.337 e. The predicted octanol–water partition coefficient (Wildman–Crippen LogP) is 2.92. The Bertz CT molecular complexity index is 399. The number of aromatic nitrogens is 2. The molecule has 4 nitrogen and oxygen atoms in total. The van der Waals surface area contributed by atoms with Crippen LogP contribution in [0.25, 0.3) is 0 Å². The van der Waals surface area contributed by atoms with Crippen LogP contribution in [0.1, 0.15) is 49.0 Å². The van der Waals surface area contributed by atoms with Crippen molar-refractivity contribution < 1.29 is 4.79 Å². The van der Waals surface area contributed by atoms with Gasteiger partial charge in [0.05, 0.1) is 12.4 Å². The Balaban J connectivity index is 2.05. The van der Waals surface area contributed by atoms with Crippen LogP contribution >= 0.6 is 11.6 Å². The van der Waals surface area contributed by atoms with Gasteiger partial charge in [0, 0.05) is 13.1 Å². The lowest BCUT2D eigenvalue weighted by Crippen LogP contribution is -2.37. The van der Waals surface area contributed by atoms with Gasteiger partial charge < -0.3 is 4.90 Å². The molecule has 0 bridgehead atoms. The lowest BCUT2D eigenvalue weighted by molar-refractivity contribution is 0.0711. The minimum atomic E-state index is -0.0638. The van der Waals surface area contributed by atoms with Crippen LogP contribution < -0.4 is 0 Å². The van der Waals surface area contributed by atoms with Crippen molar-refractivity contribution in [2.75, 3.05) is 7.05 Å². The zero-order valence-corrected chi connectivity index (χ0v) is 11.4. The number of hydrogen-bond donors (Lipinski definition) is 0. The van der Waals surface area contributed by atoms with Gasteiger partial charge >= 0.3 is 0 Å². The maximum Gasteiger partial charge on any atom is 0.274 e.